The molecule has 2 amide bonds. The molecule has 38 heavy (non-hydrogen) atoms. The summed E-state index contributed by atoms with van der Waals surface area (Å²) >= 11 is 6.36. The van der Waals surface area contributed by atoms with Crippen molar-refractivity contribution in [1.82, 2.24) is 9.38 Å². The Morgan fingerprint density at radius 3 is 2.68 bits per heavy atom. The van der Waals surface area contributed by atoms with Crippen LogP contribution in [-0.2, 0) is 0 Å². The fraction of sp³-hybridized carbons (Fsp3) is 0.138. The molecule has 1 aliphatic rings. The lowest BCUT2D eigenvalue weighted by molar-refractivity contribution is 0.0982. The summed E-state index contributed by atoms with van der Waals surface area (Å²) < 4.78 is 1.70. The zero-order chi connectivity index (χ0) is 26.6. The number of phenolic OH excluding ortho intramolecular Hbond substituents is 1. The number of aromatic hydroxyl groups is 1. The van der Waals surface area contributed by atoms with Gasteiger partial charge in [-0.3, -0.25) is 9.59 Å². The van der Waals surface area contributed by atoms with Crippen LogP contribution in [0.25, 0.3) is 16.4 Å². The second-order valence-electron chi connectivity index (χ2n) is 9.48. The molecule has 0 saturated carbocycles. The van der Waals surface area contributed by atoms with Crippen LogP contribution in [0.1, 0.15) is 37.9 Å². The molecule has 3 aromatic carbocycles. The van der Waals surface area contributed by atoms with Crippen LogP contribution in [0.5, 0.6) is 5.75 Å². The van der Waals surface area contributed by atoms with Crippen LogP contribution in [0.2, 0.25) is 0 Å². The van der Waals surface area contributed by atoms with Gasteiger partial charge < -0.3 is 25.5 Å². The van der Waals surface area contributed by atoms with E-state index in [4.69, 9.17) is 17.3 Å². The van der Waals surface area contributed by atoms with Crippen molar-refractivity contribution in [3.05, 3.63) is 95.4 Å². The van der Waals surface area contributed by atoms with Gasteiger partial charge in [0.05, 0.1) is 11.4 Å². The molecule has 4 N–H and O–H groups in total. The summed E-state index contributed by atoms with van der Waals surface area (Å²) in [7, 11) is 0. The van der Waals surface area contributed by atoms with Gasteiger partial charge in [0.15, 0.2) is 0 Å². The molecule has 190 valence electrons. The summed E-state index contributed by atoms with van der Waals surface area (Å²) in [6.45, 7) is 2.38. The van der Waals surface area contributed by atoms with E-state index in [0.29, 0.717) is 40.7 Å². The van der Waals surface area contributed by atoms with Crippen molar-refractivity contribution in [1.29, 1.82) is 0 Å². The first-order valence-electron chi connectivity index (χ1n) is 12.1. The number of alkyl halides is 1. The van der Waals surface area contributed by atoms with E-state index in [0.717, 1.165) is 21.9 Å². The molecule has 5 aromatic rings. The number of phenols is 1. The van der Waals surface area contributed by atoms with Crippen molar-refractivity contribution in [2.24, 2.45) is 0 Å². The zero-order valence-corrected chi connectivity index (χ0v) is 21.2. The molecule has 2 aromatic heterocycles. The number of carbonyl (C=O) groups excluding carboxylic acids is 2. The molecule has 0 aliphatic carbocycles. The molecule has 1 aliphatic heterocycles. The smallest absolute Gasteiger partial charge is 0.278 e. The number of hydrogen-bond donors (Lipinski definition) is 3. The molecule has 1 unspecified atom stereocenters. The quantitative estimate of drug-likeness (QED) is 0.217. The van der Waals surface area contributed by atoms with Crippen LogP contribution in [0.3, 0.4) is 0 Å². The highest BCUT2D eigenvalue weighted by atomic mass is 35.5. The normalized spacial score (nSPS) is 14.7. The number of benzene rings is 3. The Hall–Kier alpha value is -4.56. The van der Waals surface area contributed by atoms with Crippen LogP contribution in [0, 0.1) is 6.92 Å². The van der Waals surface area contributed by atoms with Crippen molar-refractivity contribution in [2.75, 3.05) is 28.4 Å². The molecule has 3 heterocycles. The first-order valence-corrected chi connectivity index (χ1v) is 12.7. The van der Waals surface area contributed by atoms with Gasteiger partial charge in [-0.25, -0.2) is 4.98 Å². The minimum Gasteiger partial charge on any atom is -0.507 e. The van der Waals surface area contributed by atoms with Crippen molar-refractivity contribution in [3.63, 3.8) is 0 Å². The predicted octanol–water partition coefficient (Wildman–Crippen LogP) is 5.32. The summed E-state index contributed by atoms with van der Waals surface area (Å²) in [6.07, 6.45) is 3.34. The van der Waals surface area contributed by atoms with Gasteiger partial charge in [-0.15, -0.1) is 11.6 Å². The number of aryl methyl sites for hydroxylation is 1. The van der Waals surface area contributed by atoms with E-state index in [2.05, 4.69) is 10.3 Å². The van der Waals surface area contributed by atoms with Crippen LogP contribution in [0.4, 0.5) is 17.1 Å². The number of nitrogens with two attached hydrogens (primary N) is 1. The van der Waals surface area contributed by atoms with E-state index in [9.17, 15) is 14.7 Å². The van der Waals surface area contributed by atoms with Gasteiger partial charge in [0, 0.05) is 53.4 Å². The van der Waals surface area contributed by atoms with Crippen LogP contribution < -0.4 is 16.0 Å². The largest absolute Gasteiger partial charge is 0.507 e. The van der Waals surface area contributed by atoms with Gasteiger partial charge in [-0.05, 0) is 59.8 Å². The maximum atomic E-state index is 13.7. The van der Waals surface area contributed by atoms with E-state index in [-0.39, 0.29) is 29.2 Å². The lowest BCUT2D eigenvalue weighted by Gasteiger charge is -2.17. The van der Waals surface area contributed by atoms with E-state index in [1.54, 1.807) is 64.2 Å². The van der Waals surface area contributed by atoms with Gasteiger partial charge >= 0.3 is 0 Å². The number of halogens is 1. The standard InChI is InChI=1S/C29H24ClN5O3/c1-16-3-2-4-21-24(36)11-23-27(26(16)21)18(12-30)13-35(23)29(38)22-15-34-14-20(9-10-25(34)33-22)32-28(37)17-5-7-19(31)8-6-17/h2-11,14-15,18,36H,12-13,31H2,1H3,(H,32,37). The van der Waals surface area contributed by atoms with Crippen molar-refractivity contribution in [2.45, 2.75) is 12.8 Å². The lowest BCUT2D eigenvalue weighted by atomic mass is 9.92. The Balaban J connectivity index is 1.33. The topological polar surface area (TPSA) is 113 Å². The number of nitrogens with one attached hydrogen (secondary N) is 1. The maximum absolute atomic E-state index is 13.7. The number of amides is 2. The highest BCUT2D eigenvalue weighted by Gasteiger charge is 2.36. The van der Waals surface area contributed by atoms with Crippen LogP contribution in [0.15, 0.2) is 73.1 Å². The summed E-state index contributed by atoms with van der Waals surface area (Å²) in [5.74, 6) is -0.182. The number of nitrogens with zero attached hydrogens (tertiary/aromatic N) is 3. The molecule has 9 heteroatoms. The number of imidazole rings is 1. The van der Waals surface area contributed by atoms with Gasteiger partial charge in [0.25, 0.3) is 11.8 Å². The molecular weight excluding hydrogens is 502 g/mol. The molecule has 1 atom stereocenters. The van der Waals surface area contributed by atoms with Gasteiger partial charge in [-0.1, -0.05) is 18.2 Å². The van der Waals surface area contributed by atoms with Gasteiger partial charge in [0.1, 0.15) is 17.1 Å². The number of rotatable bonds is 4. The Labute approximate surface area is 223 Å². The van der Waals surface area contributed by atoms with Gasteiger partial charge in [-0.2, -0.15) is 0 Å². The monoisotopic (exact) mass is 525 g/mol. The van der Waals surface area contributed by atoms with Crippen molar-refractivity contribution in [3.8, 4) is 5.75 Å². The molecule has 0 spiro atoms. The first kappa shape index (κ1) is 23.8. The number of anilines is 3. The highest BCUT2D eigenvalue weighted by molar-refractivity contribution is 6.19. The summed E-state index contributed by atoms with van der Waals surface area (Å²) in [4.78, 5) is 32.5. The molecule has 0 saturated heterocycles. The van der Waals surface area contributed by atoms with E-state index < -0.39 is 0 Å². The van der Waals surface area contributed by atoms with Crippen LogP contribution >= 0.6 is 11.6 Å². The molecule has 0 radical (unpaired) electrons. The van der Waals surface area contributed by atoms with Crippen molar-refractivity contribution < 1.29 is 14.7 Å². The Kier molecular flexibility index (Phi) is 5.69. The van der Waals surface area contributed by atoms with Gasteiger partial charge in [0.2, 0.25) is 0 Å². The molecular formula is C29H24ClN5O3. The second-order valence-corrected chi connectivity index (χ2v) is 9.79. The zero-order valence-electron chi connectivity index (χ0n) is 20.5. The summed E-state index contributed by atoms with van der Waals surface area (Å²) in [6, 6.07) is 17.5. The fourth-order valence-corrected chi connectivity index (χ4v) is 5.41. The number of nitrogen functional groups attached to an aromatic ring is 1. The first-order chi connectivity index (χ1) is 18.3. The van der Waals surface area contributed by atoms with E-state index in [1.807, 2.05) is 25.1 Å². The second kappa shape index (κ2) is 9.08. The third-order valence-electron chi connectivity index (χ3n) is 7.00. The minimum absolute atomic E-state index is 0.0769. The third kappa shape index (κ3) is 3.90. The Morgan fingerprint density at radius 2 is 1.92 bits per heavy atom. The average molecular weight is 526 g/mol. The third-order valence-corrected chi connectivity index (χ3v) is 7.37. The molecule has 8 nitrogen and oxygen atoms in total. The number of carbonyl (C=O) groups is 2. The molecule has 6 rings (SSSR count). The summed E-state index contributed by atoms with van der Waals surface area (Å²) in [5, 5.41) is 15.3. The SMILES string of the molecule is Cc1cccc2c(O)cc3c(c12)C(CCl)CN3C(=O)c1cn2cc(NC(=O)c3ccc(N)cc3)ccc2n1. The average Bonchev–Trinajstić information content (AvgIpc) is 3.50. The summed E-state index contributed by atoms with van der Waals surface area (Å²) in [5.41, 5.74) is 10.7. The van der Waals surface area contributed by atoms with E-state index in [1.165, 1.54) is 0 Å². The lowest BCUT2D eigenvalue weighted by Crippen LogP contribution is -2.30. The number of aromatic nitrogens is 2. The maximum Gasteiger partial charge on any atom is 0.278 e. The molecule has 0 fully saturated rings. The predicted molar refractivity (Wildman–Crippen MR) is 149 cm³/mol. The Bertz CT molecular complexity index is 1750. The number of pyridine rings is 1. The van der Waals surface area contributed by atoms with Crippen LogP contribution in [-0.4, -0.2) is 38.7 Å². The van der Waals surface area contributed by atoms with E-state index >= 15 is 0 Å². The minimum atomic E-state index is -0.289. The number of fused-ring (bicyclic) bond motifs is 4. The molecule has 0 bridgehead atoms. The Morgan fingerprint density at radius 1 is 1.13 bits per heavy atom. The fourth-order valence-electron chi connectivity index (χ4n) is 5.16. The van der Waals surface area contributed by atoms with Crippen molar-refractivity contribution >= 4 is 56.9 Å². The number of hydrogen-bond acceptors (Lipinski definition) is 5. The highest BCUT2D eigenvalue weighted by Crippen LogP contribution is 2.46.